The molecule has 0 unspecified atom stereocenters. The molecular weight excluding hydrogens is 326 g/mol. The summed E-state index contributed by atoms with van der Waals surface area (Å²) in [5.41, 5.74) is 0. The van der Waals surface area contributed by atoms with Crippen molar-refractivity contribution in [1.29, 1.82) is 0 Å². The molecule has 1 fully saturated rings. The summed E-state index contributed by atoms with van der Waals surface area (Å²) < 4.78 is 34.5. The van der Waals surface area contributed by atoms with Gasteiger partial charge in [0.05, 0.1) is 13.2 Å². The monoisotopic (exact) mass is 348 g/mol. The van der Waals surface area contributed by atoms with E-state index >= 15 is 0 Å². The first-order chi connectivity index (χ1) is 11.0. The Morgan fingerprint density at radius 3 is 2.83 bits per heavy atom. The number of nitrogens with one attached hydrogen (secondary N) is 1. The summed E-state index contributed by atoms with van der Waals surface area (Å²) in [5, 5.41) is 2.85. The van der Waals surface area contributed by atoms with E-state index in [1.54, 1.807) is 6.92 Å². The molecule has 23 heavy (non-hydrogen) atoms. The number of hydrogen-bond acceptors (Lipinski definition) is 5. The van der Waals surface area contributed by atoms with Crippen LogP contribution >= 0.6 is 11.3 Å². The summed E-state index contributed by atoms with van der Waals surface area (Å²) in [6, 6.07) is 1.41. The molecule has 1 amide bonds. The number of ether oxygens (including phenoxy) is 2. The molecule has 0 spiro atoms. The van der Waals surface area contributed by atoms with E-state index in [0.29, 0.717) is 0 Å². The van der Waals surface area contributed by atoms with Crippen LogP contribution in [0, 0.1) is 6.92 Å². The van der Waals surface area contributed by atoms with Crippen LogP contribution in [0.4, 0.5) is 8.78 Å². The summed E-state index contributed by atoms with van der Waals surface area (Å²) in [4.78, 5) is 15.5. The molecule has 1 aromatic rings. The SMILES string of the molecule is Cc1cc(OC(F)F)c(C(=O)N[C@@H](C)CCN2CCOCC2)s1. The number of aryl methyl sites for hydroxylation is 1. The highest BCUT2D eigenvalue weighted by Crippen LogP contribution is 2.30. The zero-order valence-corrected chi connectivity index (χ0v) is 14.1. The predicted octanol–water partition coefficient (Wildman–Crippen LogP) is 2.50. The lowest BCUT2D eigenvalue weighted by Crippen LogP contribution is -2.40. The van der Waals surface area contributed by atoms with Gasteiger partial charge in [0.2, 0.25) is 0 Å². The van der Waals surface area contributed by atoms with Crippen LogP contribution in [0.15, 0.2) is 6.07 Å². The van der Waals surface area contributed by atoms with E-state index in [-0.39, 0.29) is 22.6 Å². The Morgan fingerprint density at radius 1 is 1.48 bits per heavy atom. The Hall–Kier alpha value is -1.25. The van der Waals surface area contributed by atoms with Crippen molar-refractivity contribution in [2.45, 2.75) is 32.9 Å². The summed E-state index contributed by atoms with van der Waals surface area (Å²) in [6.07, 6.45) is 0.793. The second-order valence-corrected chi connectivity index (χ2v) is 6.80. The first-order valence-electron chi connectivity index (χ1n) is 7.62. The number of thiophene rings is 1. The van der Waals surface area contributed by atoms with E-state index in [9.17, 15) is 13.6 Å². The Kier molecular flexibility index (Phi) is 6.73. The number of nitrogens with zero attached hydrogens (tertiary/aromatic N) is 1. The highest BCUT2D eigenvalue weighted by molar-refractivity contribution is 7.14. The molecular formula is C15H22F2N2O3S. The van der Waals surface area contributed by atoms with Gasteiger partial charge in [-0.3, -0.25) is 9.69 Å². The second-order valence-electron chi connectivity index (χ2n) is 5.55. The van der Waals surface area contributed by atoms with Crippen LogP contribution < -0.4 is 10.1 Å². The fraction of sp³-hybridized carbons (Fsp3) is 0.667. The maximum atomic E-state index is 12.4. The Labute approximate surface area is 138 Å². The highest BCUT2D eigenvalue weighted by atomic mass is 32.1. The van der Waals surface area contributed by atoms with Crippen molar-refractivity contribution in [1.82, 2.24) is 10.2 Å². The molecule has 0 aromatic carbocycles. The smallest absolute Gasteiger partial charge is 0.387 e. The van der Waals surface area contributed by atoms with Crippen LogP contribution in [-0.2, 0) is 4.74 Å². The molecule has 8 heteroatoms. The van der Waals surface area contributed by atoms with E-state index < -0.39 is 6.61 Å². The molecule has 1 N–H and O–H groups in total. The lowest BCUT2D eigenvalue weighted by molar-refractivity contribution is -0.0498. The lowest BCUT2D eigenvalue weighted by atomic mass is 10.2. The molecule has 1 aromatic heterocycles. The van der Waals surface area contributed by atoms with Crippen LogP contribution in [-0.4, -0.2) is 56.3 Å². The normalized spacial score (nSPS) is 17.3. The van der Waals surface area contributed by atoms with Gasteiger partial charge in [0.15, 0.2) is 0 Å². The number of alkyl halides is 2. The molecule has 1 aliphatic rings. The highest BCUT2D eigenvalue weighted by Gasteiger charge is 2.21. The summed E-state index contributed by atoms with van der Waals surface area (Å²) in [6.45, 7) is 4.87. The van der Waals surface area contributed by atoms with Gasteiger partial charge in [0, 0.05) is 30.6 Å². The molecule has 0 radical (unpaired) electrons. The van der Waals surface area contributed by atoms with Gasteiger partial charge in [-0.15, -0.1) is 11.3 Å². The van der Waals surface area contributed by atoms with Gasteiger partial charge in [-0.1, -0.05) is 0 Å². The van der Waals surface area contributed by atoms with Crippen LogP contribution in [0.3, 0.4) is 0 Å². The van der Waals surface area contributed by atoms with Crippen LogP contribution in [0.1, 0.15) is 27.9 Å². The van der Waals surface area contributed by atoms with Gasteiger partial charge < -0.3 is 14.8 Å². The molecule has 1 saturated heterocycles. The fourth-order valence-electron chi connectivity index (χ4n) is 2.40. The van der Waals surface area contributed by atoms with Crippen molar-refractivity contribution < 1.29 is 23.0 Å². The van der Waals surface area contributed by atoms with Crippen LogP contribution in [0.25, 0.3) is 0 Å². The van der Waals surface area contributed by atoms with Crippen LogP contribution in [0.2, 0.25) is 0 Å². The van der Waals surface area contributed by atoms with E-state index in [2.05, 4.69) is 15.0 Å². The number of halogens is 2. The van der Waals surface area contributed by atoms with Gasteiger partial charge >= 0.3 is 6.61 Å². The minimum absolute atomic E-state index is 0.0489. The maximum Gasteiger partial charge on any atom is 0.387 e. The average Bonchev–Trinajstić information content (AvgIpc) is 2.86. The van der Waals surface area contributed by atoms with E-state index in [4.69, 9.17) is 4.74 Å². The standard InChI is InChI=1S/C15H22F2N2O3S/c1-10(3-4-19-5-7-21-8-6-19)18-14(20)13-12(22-15(16)17)9-11(2)23-13/h9-10,15H,3-8H2,1-2H3,(H,18,20)/t10-/m0/s1. The fourth-order valence-corrected chi connectivity index (χ4v) is 3.24. The number of carbonyl (C=O) groups excluding carboxylic acids is 1. The first-order valence-corrected chi connectivity index (χ1v) is 8.43. The van der Waals surface area contributed by atoms with Gasteiger partial charge in [0.1, 0.15) is 10.6 Å². The number of morpholine rings is 1. The van der Waals surface area contributed by atoms with Crippen molar-refractivity contribution in [3.63, 3.8) is 0 Å². The van der Waals surface area contributed by atoms with Crippen LogP contribution in [0.5, 0.6) is 5.75 Å². The van der Waals surface area contributed by atoms with E-state index in [1.807, 2.05) is 6.92 Å². The van der Waals surface area contributed by atoms with Gasteiger partial charge in [-0.2, -0.15) is 8.78 Å². The van der Waals surface area contributed by atoms with Crippen molar-refractivity contribution in [2.24, 2.45) is 0 Å². The minimum Gasteiger partial charge on any atom is -0.433 e. The Bertz CT molecular complexity index is 519. The van der Waals surface area contributed by atoms with Gasteiger partial charge in [-0.05, 0) is 26.3 Å². The zero-order chi connectivity index (χ0) is 16.8. The van der Waals surface area contributed by atoms with Gasteiger partial charge in [-0.25, -0.2) is 0 Å². The van der Waals surface area contributed by atoms with Gasteiger partial charge in [0.25, 0.3) is 5.91 Å². The molecule has 1 atom stereocenters. The van der Waals surface area contributed by atoms with E-state index in [0.717, 1.165) is 55.5 Å². The molecule has 2 rings (SSSR count). The first kappa shape index (κ1) is 18.1. The quantitative estimate of drug-likeness (QED) is 0.823. The number of hydrogen-bond donors (Lipinski definition) is 1. The third-order valence-corrected chi connectivity index (χ3v) is 4.63. The molecule has 1 aliphatic heterocycles. The summed E-state index contributed by atoms with van der Waals surface area (Å²) >= 11 is 1.16. The molecule has 0 saturated carbocycles. The largest absolute Gasteiger partial charge is 0.433 e. The van der Waals surface area contributed by atoms with E-state index in [1.165, 1.54) is 6.07 Å². The third-order valence-electron chi connectivity index (χ3n) is 3.60. The third kappa shape index (κ3) is 5.71. The number of rotatable bonds is 7. The summed E-state index contributed by atoms with van der Waals surface area (Å²) in [5.74, 6) is -0.423. The molecule has 130 valence electrons. The molecule has 2 heterocycles. The van der Waals surface area contributed by atoms with Crippen molar-refractivity contribution in [3.05, 3.63) is 15.8 Å². The molecule has 0 aliphatic carbocycles. The lowest BCUT2D eigenvalue weighted by Gasteiger charge is -2.27. The second kappa shape index (κ2) is 8.56. The zero-order valence-electron chi connectivity index (χ0n) is 13.3. The average molecular weight is 348 g/mol. The topological polar surface area (TPSA) is 50.8 Å². The summed E-state index contributed by atoms with van der Waals surface area (Å²) in [7, 11) is 0. The van der Waals surface area contributed by atoms with Crippen molar-refractivity contribution >= 4 is 17.2 Å². The predicted molar refractivity (Wildman–Crippen MR) is 84.5 cm³/mol. The molecule has 0 bridgehead atoms. The Balaban J connectivity index is 1.85. The van der Waals surface area contributed by atoms with Crippen molar-refractivity contribution in [3.8, 4) is 5.75 Å². The van der Waals surface area contributed by atoms with Crippen molar-refractivity contribution in [2.75, 3.05) is 32.8 Å². The maximum absolute atomic E-state index is 12.4. The molecule has 5 nitrogen and oxygen atoms in total. The minimum atomic E-state index is -2.94. The Morgan fingerprint density at radius 2 is 2.17 bits per heavy atom. The number of carbonyl (C=O) groups is 1. The number of amides is 1.